The predicted molar refractivity (Wildman–Crippen MR) is 156 cm³/mol. The van der Waals surface area contributed by atoms with Gasteiger partial charge in [0, 0.05) is 107 Å². The van der Waals surface area contributed by atoms with Gasteiger partial charge in [-0.3, -0.25) is 24.6 Å². The molecule has 1 unspecified atom stereocenters. The van der Waals surface area contributed by atoms with Crippen LogP contribution in [-0.4, -0.2) is 113 Å². The zero-order valence-electron chi connectivity index (χ0n) is 24.9. The van der Waals surface area contributed by atoms with Crippen molar-refractivity contribution >= 4 is 17.5 Å². The molecule has 0 aliphatic carbocycles. The Labute approximate surface area is 241 Å². The Kier molecular flexibility index (Phi) is 8.42. The second-order valence-electron chi connectivity index (χ2n) is 12.4. The van der Waals surface area contributed by atoms with E-state index in [2.05, 4.69) is 19.8 Å². The Balaban J connectivity index is 1.18. The SMILES string of the molecule is COc1cc(N2CCC(N3CCN(C4CCN(C(=O)OC(C)(C)C)C4)CC3)CC2)c(-c2cnn(C)c2)cc1[N+](=O)[O-]. The van der Waals surface area contributed by atoms with Crippen LogP contribution in [-0.2, 0) is 11.8 Å². The average molecular weight is 570 g/mol. The van der Waals surface area contributed by atoms with Crippen molar-refractivity contribution in [2.75, 3.05) is 64.4 Å². The number of benzene rings is 1. The van der Waals surface area contributed by atoms with Crippen LogP contribution in [0.5, 0.6) is 5.75 Å². The summed E-state index contributed by atoms with van der Waals surface area (Å²) in [6.07, 6.45) is 6.48. The molecule has 3 aliphatic heterocycles. The van der Waals surface area contributed by atoms with E-state index in [1.165, 1.54) is 7.11 Å². The van der Waals surface area contributed by atoms with E-state index in [0.717, 1.165) is 88.4 Å². The summed E-state index contributed by atoms with van der Waals surface area (Å²) in [6.45, 7) is 13.0. The lowest BCUT2D eigenvalue weighted by atomic mass is 9.98. The van der Waals surface area contributed by atoms with E-state index >= 15 is 0 Å². The first kappa shape index (κ1) is 29.1. The third-order valence-electron chi connectivity index (χ3n) is 8.51. The maximum Gasteiger partial charge on any atom is 0.410 e. The Morgan fingerprint density at radius 1 is 1.00 bits per heavy atom. The van der Waals surface area contributed by atoms with Crippen molar-refractivity contribution in [1.82, 2.24) is 24.5 Å². The van der Waals surface area contributed by atoms with Crippen LogP contribution in [0.15, 0.2) is 24.5 Å². The maximum absolute atomic E-state index is 12.5. The summed E-state index contributed by atoms with van der Waals surface area (Å²) in [4.78, 5) is 33.2. The normalized spacial score (nSPS) is 21.3. The number of aryl methyl sites for hydroxylation is 1. The Bertz CT molecular complexity index is 1240. The van der Waals surface area contributed by atoms with Gasteiger partial charge >= 0.3 is 11.8 Å². The van der Waals surface area contributed by atoms with Gasteiger partial charge in [-0.05, 0) is 40.0 Å². The van der Waals surface area contributed by atoms with Crippen LogP contribution in [0.25, 0.3) is 11.1 Å². The highest BCUT2D eigenvalue weighted by Gasteiger charge is 2.36. The highest BCUT2D eigenvalue weighted by molar-refractivity contribution is 5.82. The van der Waals surface area contributed by atoms with Gasteiger partial charge in [0.2, 0.25) is 0 Å². The molecule has 0 N–H and O–H groups in total. The summed E-state index contributed by atoms with van der Waals surface area (Å²) in [6, 6.07) is 4.33. The number of likely N-dealkylation sites (tertiary alicyclic amines) is 1. The summed E-state index contributed by atoms with van der Waals surface area (Å²) >= 11 is 0. The number of carbonyl (C=O) groups excluding carboxylic acids is 1. The lowest BCUT2D eigenvalue weighted by Gasteiger charge is -2.44. The Morgan fingerprint density at radius 2 is 1.63 bits per heavy atom. The highest BCUT2D eigenvalue weighted by Crippen LogP contribution is 2.41. The number of piperidine rings is 1. The molecule has 5 rings (SSSR count). The molecule has 12 nitrogen and oxygen atoms in total. The molecular formula is C29H43N7O5. The molecule has 0 bridgehead atoms. The molecule has 0 radical (unpaired) electrons. The van der Waals surface area contributed by atoms with Gasteiger partial charge in [-0.25, -0.2) is 4.79 Å². The minimum atomic E-state index is -0.471. The molecule has 1 atom stereocenters. The van der Waals surface area contributed by atoms with E-state index in [0.29, 0.717) is 12.1 Å². The number of aromatic nitrogens is 2. The van der Waals surface area contributed by atoms with Crippen LogP contribution < -0.4 is 9.64 Å². The number of nitro groups is 1. The fraction of sp³-hybridized carbons (Fsp3) is 0.655. The number of methoxy groups -OCH3 is 1. The third-order valence-corrected chi connectivity index (χ3v) is 8.51. The van der Waals surface area contributed by atoms with E-state index in [9.17, 15) is 14.9 Å². The minimum absolute atomic E-state index is 0.0423. The quantitative estimate of drug-likeness (QED) is 0.381. The molecule has 0 saturated carbocycles. The van der Waals surface area contributed by atoms with Crippen LogP contribution in [0, 0.1) is 10.1 Å². The molecule has 2 aromatic rings. The summed E-state index contributed by atoms with van der Waals surface area (Å²) in [5.41, 5.74) is 2.08. The fourth-order valence-electron chi connectivity index (χ4n) is 6.39. The lowest BCUT2D eigenvalue weighted by molar-refractivity contribution is -0.385. The standard InChI is InChI=1S/C29H43N7O5/c1-29(2,3)41-28(37)35-11-8-23(20-35)33-14-12-32(13-15-33)22-6-9-34(10-7-22)25-17-27(40-5)26(36(38)39)16-24(25)21-18-30-31(4)19-21/h16-19,22-23H,6-15,20H2,1-5H3. The predicted octanol–water partition coefficient (Wildman–Crippen LogP) is 3.60. The molecule has 1 aromatic carbocycles. The van der Waals surface area contributed by atoms with Crippen LogP contribution in [0.4, 0.5) is 16.2 Å². The average Bonchev–Trinajstić information content (AvgIpc) is 3.61. The summed E-state index contributed by atoms with van der Waals surface area (Å²) < 4.78 is 12.7. The second kappa shape index (κ2) is 11.8. The molecule has 4 heterocycles. The van der Waals surface area contributed by atoms with Crippen molar-refractivity contribution in [3.63, 3.8) is 0 Å². The number of hydrogen-bond donors (Lipinski definition) is 0. The molecule has 0 spiro atoms. The van der Waals surface area contributed by atoms with E-state index in [1.807, 2.05) is 45.0 Å². The number of ether oxygens (including phenoxy) is 2. The Morgan fingerprint density at radius 3 is 2.20 bits per heavy atom. The zero-order valence-corrected chi connectivity index (χ0v) is 24.9. The minimum Gasteiger partial charge on any atom is -0.490 e. The molecular weight excluding hydrogens is 526 g/mol. The smallest absolute Gasteiger partial charge is 0.410 e. The summed E-state index contributed by atoms with van der Waals surface area (Å²) in [7, 11) is 3.32. The van der Waals surface area contributed by atoms with Gasteiger partial charge in [0.15, 0.2) is 5.75 Å². The molecule has 41 heavy (non-hydrogen) atoms. The number of anilines is 1. The van der Waals surface area contributed by atoms with Crippen LogP contribution in [0.2, 0.25) is 0 Å². The van der Waals surface area contributed by atoms with E-state index in [4.69, 9.17) is 9.47 Å². The number of nitro benzene ring substituents is 1. The van der Waals surface area contributed by atoms with Crippen LogP contribution >= 0.6 is 0 Å². The van der Waals surface area contributed by atoms with Crippen molar-refractivity contribution in [2.45, 2.75) is 57.7 Å². The zero-order chi connectivity index (χ0) is 29.3. The van der Waals surface area contributed by atoms with Crippen molar-refractivity contribution in [3.05, 3.63) is 34.6 Å². The third kappa shape index (κ3) is 6.59. The number of piperazine rings is 1. The molecule has 1 amide bonds. The second-order valence-corrected chi connectivity index (χ2v) is 12.4. The van der Waals surface area contributed by atoms with Gasteiger partial charge in [0.05, 0.1) is 18.2 Å². The highest BCUT2D eigenvalue weighted by atomic mass is 16.6. The molecule has 12 heteroatoms. The fourth-order valence-corrected chi connectivity index (χ4v) is 6.39. The van der Waals surface area contributed by atoms with Gasteiger partial charge in [-0.1, -0.05) is 0 Å². The molecule has 224 valence electrons. The first-order chi connectivity index (χ1) is 19.5. The number of hydrogen-bond acceptors (Lipinski definition) is 9. The monoisotopic (exact) mass is 569 g/mol. The van der Waals surface area contributed by atoms with Crippen molar-refractivity contribution in [2.24, 2.45) is 7.05 Å². The number of amides is 1. The van der Waals surface area contributed by atoms with Crippen molar-refractivity contribution in [3.8, 4) is 16.9 Å². The molecule has 3 aliphatic rings. The van der Waals surface area contributed by atoms with Crippen molar-refractivity contribution in [1.29, 1.82) is 0 Å². The first-order valence-corrected chi connectivity index (χ1v) is 14.6. The van der Waals surface area contributed by atoms with E-state index in [1.54, 1.807) is 16.9 Å². The van der Waals surface area contributed by atoms with Crippen LogP contribution in [0.3, 0.4) is 0 Å². The number of rotatable bonds is 6. The number of carbonyl (C=O) groups is 1. The topological polar surface area (TPSA) is 109 Å². The van der Waals surface area contributed by atoms with Crippen LogP contribution in [0.1, 0.15) is 40.0 Å². The molecule has 1 aromatic heterocycles. The van der Waals surface area contributed by atoms with Crippen molar-refractivity contribution < 1.29 is 19.2 Å². The summed E-state index contributed by atoms with van der Waals surface area (Å²) in [5, 5.41) is 16.0. The first-order valence-electron chi connectivity index (χ1n) is 14.6. The largest absolute Gasteiger partial charge is 0.490 e. The molecule has 3 saturated heterocycles. The molecule has 3 fully saturated rings. The Hall–Kier alpha value is -3.38. The van der Waals surface area contributed by atoms with Gasteiger partial charge in [0.25, 0.3) is 0 Å². The van der Waals surface area contributed by atoms with Gasteiger partial charge in [0.1, 0.15) is 5.60 Å². The lowest BCUT2D eigenvalue weighted by Crippen LogP contribution is -2.55. The van der Waals surface area contributed by atoms with E-state index < -0.39 is 10.5 Å². The van der Waals surface area contributed by atoms with Gasteiger partial charge < -0.3 is 19.3 Å². The summed E-state index contributed by atoms with van der Waals surface area (Å²) in [5.74, 6) is 0.271. The van der Waals surface area contributed by atoms with Gasteiger partial charge in [-0.2, -0.15) is 5.10 Å². The van der Waals surface area contributed by atoms with E-state index in [-0.39, 0.29) is 17.5 Å². The number of nitrogens with zero attached hydrogens (tertiary/aromatic N) is 7. The maximum atomic E-state index is 12.5. The van der Waals surface area contributed by atoms with Gasteiger partial charge in [-0.15, -0.1) is 0 Å².